The van der Waals surface area contributed by atoms with Gasteiger partial charge in [0.25, 0.3) is 0 Å². The molecule has 0 aromatic heterocycles. The SMILES string of the molecule is CC(C)C(=O)CC(c1ccccc1)P(=O)(c1ccccc1)c1ccccc1. The molecular weight excluding hydrogens is 351 g/mol. The lowest BCUT2D eigenvalue weighted by molar-refractivity contribution is -0.121. The smallest absolute Gasteiger partial charge is 0.150 e. The average molecular weight is 376 g/mol. The number of hydrogen-bond acceptors (Lipinski definition) is 2. The molecule has 0 radical (unpaired) electrons. The fourth-order valence-electron chi connectivity index (χ4n) is 3.37. The fourth-order valence-corrected chi connectivity index (χ4v) is 6.64. The van der Waals surface area contributed by atoms with E-state index in [4.69, 9.17) is 0 Å². The molecule has 138 valence electrons. The molecule has 3 heteroatoms. The van der Waals surface area contributed by atoms with E-state index in [0.29, 0.717) is 0 Å². The topological polar surface area (TPSA) is 34.1 Å². The molecular formula is C24H25O2P. The molecule has 0 aliphatic carbocycles. The van der Waals surface area contributed by atoms with Crippen LogP contribution < -0.4 is 10.6 Å². The molecule has 0 aliphatic rings. The largest absolute Gasteiger partial charge is 0.313 e. The lowest BCUT2D eigenvalue weighted by atomic mass is 10.0. The molecule has 0 saturated carbocycles. The Kier molecular flexibility index (Phi) is 6.08. The number of rotatable bonds is 7. The van der Waals surface area contributed by atoms with E-state index in [1.807, 2.05) is 105 Å². The van der Waals surface area contributed by atoms with E-state index >= 15 is 0 Å². The monoisotopic (exact) mass is 376 g/mol. The summed E-state index contributed by atoms with van der Waals surface area (Å²) in [6.45, 7) is 3.81. The minimum atomic E-state index is -3.07. The zero-order valence-electron chi connectivity index (χ0n) is 15.8. The molecule has 0 fully saturated rings. The summed E-state index contributed by atoms with van der Waals surface area (Å²) in [5.41, 5.74) is 0.570. The van der Waals surface area contributed by atoms with Crippen LogP contribution >= 0.6 is 7.14 Å². The van der Waals surface area contributed by atoms with E-state index in [1.165, 1.54) is 0 Å². The van der Waals surface area contributed by atoms with E-state index in [1.54, 1.807) is 0 Å². The van der Waals surface area contributed by atoms with Gasteiger partial charge in [0.2, 0.25) is 0 Å². The van der Waals surface area contributed by atoms with Crippen molar-refractivity contribution in [2.45, 2.75) is 25.9 Å². The van der Waals surface area contributed by atoms with Crippen LogP contribution in [0.3, 0.4) is 0 Å². The van der Waals surface area contributed by atoms with Gasteiger partial charge >= 0.3 is 0 Å². The Morgan fingerprint density at radius 2 is 1.15 bits per heavy atom. The first-order valence-corrected chi connectivity index (χ1v) is 11.1. The highest BCUT2D eigenvalue weighted by atomic mass is 31.2. The van der Waals surface area contributed by atoms with Gasteiger partial charge in [0, 0.05) is 22.9 Å². The third-order valence-corrected chi connectivity index (χ3v) is 8.43. The molecule has 0 amide bonds. The third-order valence-electron chi connectivity index (χ3n) is 4.94. The van der Waals surface area contributed by atoms with Crippen LogP contribution in [0.15, 0.2) is 91.0 Å². The van der Waals surface area contributed by atoms with Gasteiger partial charge in [0.1, 0.15) is 5.78 Å². The summed E-state index contributed by atoms with van der Waals surface area (Å²) < 4.78 is 14.7. The maximum Gasteiger partial charge on any atom is 0.150 e. The minimum absolute atomic E-state index is 0.0868. The predicted octanol–water partition coefficient (Wildman–Crippen LogP) is 5.36. The lowest BCUT2D eigenvalue weighted by Crippen LogP contribution is -2.24. The zero-order chi connectivity index (χ0) is 19.3. The first-order chi connectivity index (χ1) is 13.0. The molecule has 2 nitrogen and oxygen atoms in total. The van der Waals surface area contributed by atoms with Crippen molar-refractivity contribution in [3.8, 4) is 0 Å². The summed E-state index contributed by atoms with van der Waals surface area (Å²) in [5, 5.41) is 1.59. The van der Waals surface area contributed by atoms with Crippen molar-refractivity contribution in [3.05, 3.63) is 96.6 Å². The summed E-state index contributed by atoms with van der Waals surface area (Å²) in [7, 11) is -3.07. The summed E-state index contributed by atoms with van der Waals surface area (Å²) in [5.74, 6) is 0.0483. The molecule has 1 atom stereocenters. The van der Waals surface area contributed by atoms with Crippen LogP contribution in [-0.2, 0) is 9.36 Å². The summed E-state index contributed by atoms with van der Waals surface area (Å²) in [4.78, 5) is 12.7. The number of Topliss-reactive ketones (excluding diaryl/α,β-unsaturated/α-hetero) is 1. The van der Waals surface area contributed by atoms with Gasteiger partial charge in [-0.15, -0.1) is 0 Å². The molecule has 0 N–H and O–H groups in total. The predicted molar refractivity (Wildman–Crippen MR) is 113 cm³/mol. The second-order valence-corrected chi connectivity index (χ2v) is 10.1. The van der Waals surface area contributed by atoms with E-state index < -0.39 is 7.14 Å². The molecule has 0 aliphatic heterocycles. The molecule has 0 bridgehead atoms. The van der Waals surface area contributed by atoms with Crippen molar-refractivity contribution in [1.82, 2.24) is 0 Å². The van der Waals surface area contributed by atoms with E-state index in [9.17, 15) is 9.36 Å². The van der Waals surface area contributed by atoms with E-state index in [0.717, 1.165) is 16.2 Å². The molecule has 0 saturated heterocycles. The van der Waals surface area contributed by atoms with Crippen LogP contribution in [0.1, 0.15) is 31.5 Å². The lowest BCUT2D eigenvalue weighted by Gasteiger charge is -2.29. The molecule has 27 heavy (non-hydrogen) atoms. The average Bonchev–Trinajstić information content (AvgIpc) is 2.73. The Morgan fingerprint density at radius 3 is 1.56 bits per heavy atom. The highest BCUT2D eigenvalue weighted by molar-refractivity contribution is 7.79. The van der Waals surface area contributed by atoms with Crippen molar-refractivity contribution in [2.75, 3.05) is 0 Å². The Labute approximate surface area is 161 Å². The third kappa shape index (κ3) is 4.12. The van der Waals surface area contributed by atoms with Gasteiger partial charge in [-0.05, 0) is 5.56 Å². The molecule has 0 heterocycles. The highest BCUT2D eigenvalue weighted by Crippen LogP contribution is 2.59. The second-order valence-electron chi connectivity index (χ2n) is 7.08. The first-order valence-electron chi connectivity index (χ1n) is 9.32. The van der Waals surface area contributed by atoms with Gasteiger partial charge in [0.15, 0.2) is 7.14 Å². The maximum absolute atomic E-state index is 14.7. The summed E-state index contributed by atoms with van der Waals surface area (Å²) in [6.07, 6.45) is 0.267. The zero-order valence-corrected chi connectivity index (χ0v) is 16.7. The second kappa shape index (κ2) is 8.50. The van der Waals surface area contributed by atoms with Crippen LogP contribution in [0.25, 0.3) is 0 Å². The Bertz CT molecular complexity index is 875. The minimum Gasteiger partial charge on any atom is -0.313 e. The van der Waals surface area contributed by atoms with Crippen molar-refractivity contribution in [2.24, 2.45) is 5.92 Å². The molecule has 1 unspecified atom stereocenters. The van der Waals surface area contributed by atoms with Crippen molar-refractivity contribution in [1.29, 1.82) is 0 Å². The number of ketones is 1. The van der Waals surface area contributed by atoms with Crippen molar-refractivity contribution >= 4 is 23.5 Å². The van der Waals surface area contributed by atoms with Crippen LogP contribution in [0, 0.1) is 5.92 Å². The Morgan fingerprint density at radius 1 is 0.741 bits per heavy atom. The number of carbonyl (C=O) groups excluding carboxylic acids is 1. The van der Waals surface area contributed by atoms with Crippen LogP contribution in [0.2, 0.25) is 0 Å². The molecule has 3 aromatic rings. The molecule has 3 aromatic carbocycles. The van der Waals surface area contributed by atoms with Gasteiger partial charge < -0.3 is 4.57 Å². The number of benzene rings is 3. The number of carbonyl (C=O) groups is 1. The van der Waals surface area contributed by atoms with Crippen molar-refractivity contribution < 1.29 is 9.36 Å². The van der Waals surface area contributed by atoms with Gasteiger partial charge in [-0.2, -0.15) is 0 Å². The van der Waals surface area contributed by atoms with Gasteiger partial charge in [-0.1, -0.05) is 105 Å². The fraction of sp³-hybridized carbons (Fsp3) is 0.208. The van der Waals surface area contributed by atoms with Crippen LogP contribution in [0.5, 0.6) is 0 Å². The van der Waals surface area contributed by atoms with Gasteiger partial charge in [-0.25, -0.2) is 0 Å². The van der Waals surface area contributed by atoms with Crippen LogP contribution in [0.4, 0.5) is 0 Å². The standard InChI is InChI=1S/C24H25O2P/c1-19(2)23(25)18-24(20-12-6-3-7-13-20)27(26,21-14-8-4-9-15-21)22-16-10-5-11-17-22/h3-17,19,24H,18H2,1-2H3. The highest BCUT2D eigenvalue weighted by Gasteiger charge is 2.39. The van der Waals surface area contributed by atoms with Crippen LogP contribution in [-0.4, -0.2) is 5.78 Å². The maximum atomic E-state index is 14.7. The van der Waals surface area contributed by atoms with E-state index in [-0.39, 0.29) is 23.8 Å². The number of hydrogen-bond donors (Lipinski definition) is 0. The Balaban J connectivity index is 2.22. The summed E-state index contributed by atoms with van der Waals surface area (Å²) in [6, 6.07) is 29.0. The summed E-state index contributed by atoms with van der Waals surface area (Å²) >= 11 is 0. The quantitative estimate of drug-likeness (QED) is 0.521. The normalized spacial score (nSPS) is 12.7. The molecule has 0 spiro atoms. The van der Waals surface area contributed by atoms with E-state index in [2.05, 4.69) is 0 Å². The van der Waals surface area contributed by atoms with Gasteiger partial charge in [0.05, 0.1) is 5.66 Å². The van der Waals surface area contributed by atoms with Gasteiger partial charge in [-0.3, -0.25) is 4.79 Å². The Hall–Kier alpha value is -2.44. The molecule has 3 rings (SSSR count). The first kappa shape index (κ1) is 19.3. The van der Waals surface area contributed by atoms with Crippen molar-refractivity contribution in [3.63, 3.8) is 0 Å².